The van der Waals surface area contributed by atoms with Crippen molar-refractivity contribution in [2.24, 2.45) is 5.73 Å². The molecule has 0 atom stereocenters. The first-order valence-electron chi connectivity index (χ1n) is 5.10. The van der Waals surface area contributed by atoms with Crippen molar-refractivity contribution in [3.63, 3.8) is 0 Å². The number of nitrogens with one attached hydrogen (secondary N) is 1. The Balaban J connectivity index is 2.26. The third-order valence-corrected chi connectivity index (χ3v) is 2.37. The van der Waals surface area contributed by atoms with Gasteiger partial charge in [-0.15, -0.1) is 0 Å². The van der Waals surface area contributed by atoms with Crippen molar-refractivity contribution < 1.29 is 4.79 Å². The van der Waals surface area contributed by atoms with Gasteiger partial charge in [0.15, 0.2) is 0 Å². The van der Waals surface area contributed by atoms with E-state index in [1.165, 1.54) is 0 Å². The van der Waals surface area contributed by atoms with Gasteiger partial charge in [-0.25, -0.2) is 4.79 Å². The molecule has 15 heavy (non-hydrogen) atoms. The van der Waals surface area contributed by atoms with Crippen molar-refractivity contribution in [1.29, 1.82) is 5.26 Å². The largest absolute Gasteiger partial charge is 0.336 e. The predicted molar refractivity (Wildman–Crippen MR) is 56.1 cm³/mol. The van der Waals surface area contributed by atoms with Gasteiger partial charge in [0, 0.05) is 39.3 Å². The average molecular weight is 211 g/mol. The van der Waals surface area contributed by atoms with Crippen LogP contribution in [0, 0.1) is 11.3 Å². The molecule has 1 aliphatic rings. The maximum absolute atomic E-state index is 11.2. The Morgan fingerprint density at radius 2 is 2.40 bits per heavy atom. The third-order valence-electron chi connectivity index (χ3n) is 2.37. The highest BCUT2D eigenvalue weighted by Crippen LogP contribution is 1.97. The van der Waals surface area contributed by atoms with Gasteiger partial charge in [0.2, 0.25) is 0 Å². The SMILES string of the molecule is N#CCN(CCN)CCN1CCNC1=O. The Morgan fingerprint density at radius 3 is 2.93 bits per heavy atom. The van der Waals surface area contributed by atoms with E-state index in [4.69, 9.17) is 11.0 Å². The molecule has 1 saturated heterocycles. The number of nitrogens with zero attached hydrogens (tertiary/aromatic N) is 3. The third kappa shape index (κ3) is 3.73. The fraction of sp³-hybridized carbons (Fsp3) is 0.778. The minimum atomic E-state index is -0.0142. The maximum atomic E-state index is 11.2. The lowest BCUT2D eigenvalue weighted by atomic mass is 10.4. The first kappa shape index (κ1) is 11.8. The van der Waals surface area contributed by atoms with Gasteiger partial charge in [-0.3, -0.25) is 4.90 Å². The summed E-state index contributed by atoms with van der Waals surface area (Å²) in [6.45, 7) is 4.44. The van der Waals surface area contributed by atoms with Gasteiger partial charge in [-0.2, -0.15) is 5.26 Å². The smallest absolute Gasteiger partial charge is 0.317 e. The summed E-state index contributed by atoms with van der Waals surface area (Å²) >= 11 is 0. The summed E-state index contributed by atoms with van der Waals surface area (Å²) in [6, 6.07) is 2.08. The second-order valence-electron chi connectivity index (χ2n) is 3.44. The van der Waals surface area contributed by atoms with Gasteiger partial charge >= 0.3 is 6.03 Å². The van der Waals surface area contributed by atoms with Crippen molar-refractivity contribution in [2.75, 3.05) is 45.8 Å². The number of amides is 2. The lowest BCUT2D eigenvalue weighted by Crippen LogP contribution is -2.39. The molecule has 0 aromatic heterocycles. The molecule has 0 unspecified atom stereocenters. The minimum absolute atomic E-state index is 0.0142. The van der Waals surface area contributed by atoms with Crippen LogP contribution in [0.2, 0.25) is 0 Å². The molecule has 6 heteroatoms. The standard InChI is InChI=1S/C9H17N5O/c10-1-4-13(5-2-11)7-8-14-6-3-12-9(14)15/h1,3-8,10H2,(H,12,15). The number of hydrogen-bond acceptors (Lipinski definition) is 4. The van der Waals surface area contributed by atoms with Gasteiger partial charge < -0.3 is 16.0 Å². The molecule has 1 fully saturated rings. The highest BCUT2D eigenvalue weighted by atomic mass is 16.2. The van der Waals surface area contributed by atoms with Crippen LogP contribution in [-0.4, -0.2) is 61.6 Å². The molecule has 0 aromatic carbocycles. The number of carbonyl (C=O) groups is 1. The Labute approximate surface area is 89.6 Å². The number of nitriles is 1. The van der Waals surface area contributed by atoms with Crippen molar-refractivity contribution >= 4 is 6.03 Å². The summed E-state index contributed by atoms with van der Waals surface area (Å²) in [6.07, 6.45) is 0. The lowest BCUT2D eigenvalue weighted by molar-refractivity contribution is 0.206. The first-order valence-corrected chi connectivity index (χ1v) is 5.10. The summed E-state index contributed by atoms with van der Waals surface area (Å²) in [7, 11) is 0. The molecule has 0 saturated carbocycles. The predicted octanol–water partition coefficient (Wildman–Crippen LogP) is -1.20. The molecule has 0 bridgehead atoms. The molecule has 1 rings (SSSR count). The number of rotatable bonds is 6. The second kappa shape index (κ2) is 6.22. The summed E-state index contributed by atoms with van der Waals surface area (Å²) in [5.74, 6) is 0. The zero-order chi connectivity index (χ0) is 11.1. The molecular weight excluding hydrogens is 194 g/mol. The Hall–Kier alpha value is -1.32. The summed E-state index contributed by atoms with van der Waals surface area (Å²) in [5, 5.41) is 11.3. The molecular formula is C9H17N5O. The van der Waals surface area contributed by atoms with Crippen LogP contribution in [0.4, 0.5) is 4.79 Å². The number of urea groups is 1. The van der Waals surface area contributed by atoms with Gasteiger partial charge in [0.05, 0.1) is 12.6 Å². The molecule has 6 nitrogen and oxygen atoms in total. The van der Waals surface area contributed by atoms with Gasteiger partial charge in [-0.05, 0) is 0 Å². The molecule has 2 amide bonds. The van der Waals surface area contributed by atoms with Crippen LogP contribution in [0.15, 0.2) is 0 Å². The molecule has 3 N–H and O–H groups in total. The van der Waals surface area contributed by atoms with Crippen LogP contribution in [0.25, 0.3) is 0 Å². The molecule has 1 aliphatic heterocycles. The van der Waals surface area contributed by atoms with Crippen LogP contribution >= 0.6 is 0 Å². The van der Waals surface area contributed by atoms with Crippen molar-refractivity contribution in [3.8, 4) is 6.07 Å². The molecule has 0 aromatic rings. The van der Waals surface area contributed by atoms with Crippen LogP contribution in [0.5, 0.6) is 0 Å². The Morgan fingerprint density at radius 1 is 1.60 bits per heavy atom. The van der Waals surface area contributed by atoms with E-state index >= 15 is 0 Å². The Bertz CT molecular complexity index is 249. The highest BCUT2D eigenvalue weighted by molar-refractivity contribution is 5.76. The number of nitrogens with two attached hydrogens (primary N) is 1. The zero-order valence-electron chi connectivity index (χ0n) is 8.78. The number of carbonyl (C=O) groups excluding carboxylic acids is 1. The second-order valence-corrected chi connectivity index (χ2v) is 3.44. The monoisotopic (exact) mass is 211 g/mol. The molecule has 0 radical (unpaired) electrons. The summed E-state index contributed by atoms with van der Waals surface area (Å²) in [5.41, 5.74) is 5.43. The summed E-state index contributed by atoms with van der Waals surface area (Å²) < 4.78 is 0. The van der Waals surface area contributed by atoms with Crippen LogP contribution < -0.4 is 11.1 Å². The van der Waals surface area contributed by atoms with Gasteiger partial charge in [0.1, 0.15) is 0 Å². The average Bonchev–Trinajstić information content (AvgIpc) is 2.61. The number of hydrogen-bond donors (Lipinski definition) is 2. The normalized spacial score (nSPS) is 15.5. The maximum Gasteiger partial charge on any atom is 0.317 e. The van der Waals surface area contributed by atoms with Crippen molar-refractivity contribution in [2.45, 2.75) is 0 Å². The first-order chi connectivity index (χ1) is 7.27. The van der Waals surface area contributed by atoms with E-state index in [9.17, 15) is 4.79 Å². The van der Waals surface area contributed by atoms with E-state index < -0.39 is 0 Å². The van der Waals surface area contributed by atoms with E-state index in [2.05, 4.69) is 11.4 Å². The molecule has 0 spiro atoms. The topological polar surface area (TPSA) is 85.4 Å². The quantitative estimate of drug-likeness (QED) is 0.540. The highest BCUT2D eigenvalue weighted by Gasteiger charge is 2.19. The van der Waals surface area contributed by atoms with E-state index in [1.54, 1.807) is 4.90 Å². The van der Waals surface area contributed by atoms with Crippen molar-refractivity contribution in [3.05, 3.63) is 0 Å². The van der Waals surface area contributed by atoms with Crippen LogP contribution in [0.1, 0.15) is 0 Å². The van der Waals surface area contributed by atoms with E-state index in [1.807, 2.05) is 4.90 Å². The van der Waals surface area contributed by atoms with E-state index in [0.29, 0.717) is 39.3 Å². The van der Waals surface area contributed by atoms with E-state index in [-0.39, 0.29) is 6.03 Å². The van der Waals surface area contributed by atoms with Crippen LogP contribution in [-0.2, 0) is 0 Å². The zero-order valence-corrected chi connectivity index (χ0v) is 8.78. The lowest BCUT2D eigenvalue weighted by Gasteiger charge is -2.21. The van der Waals surface area contributed by atoms with Crippen LogP contribution in [0.3, 0.4) is 0 Å². The molecule has 84 valence electrons. The fourth-order valence-corrected chi connectivity index (χ4v) is 1.54. The Kier molecular flexibility index (Phi) is 4.87. The van der Waals surface area contributed by atoms with Gasteiger partial charge in [-0.1, -0.05) is 0 Å². The summed E-state index contributed by atoms with van der Waals surface area (Å²) in [4.78, 5) is 14.9. The van der Waals surface area contributed by atoms with E-state index in [0.717, 1.165) is 6.54 Å². The molecule has 0 aliphatic carbocycles. The fourth-order valence-electron chi connectivity index (χ4n) is 1.54. The van der Waals surface area contributed by atoms with Crippen molar-refractivity contribution in [1.82, 2.24) is 15.1 Å². The van der Waals surface area contributed by atoms with Gasteiger partial charge in [0.25, 0.3) is 0 Å². The minimum Gasteiger partial charge on any atom is -0.336 e. The molecule has 1 heterocycles.